The van der Waals surface area contributed by atoms with Crippen LogP contribution in [-0.4, -0.2) is 61.0 Å². The lowest BCUT2D eigenvalue weighted by Crippen LogP contribution is -2.50. The highest BCUT2D eigenvalue weighted by atomic mass is 16.2. The molecule has 3 rings (SSSR count). The Bertz CT molecular complexity index is 552. The number of likely N-dealkylation sites (tertiary alicyclic amines) is 1. The first-order chi connectivity index (χ1) is 12.6. The lowest BCUT2D eigenvalue weighted by atomic mass is 10.1. The maximum atomic E-state index is 12.5. The molecule has 1 unspecified atom stereocenters. The average Bonchev–Trinajstić information content (AvgIpc) is 2.84. The summed E-state index contributed by atoms with van der Waals surface area (Å²) in [4.78, 5) is 19.7. The number of benzene rings is 1. The Balaban J connectivity index is 1.46. The first kappa shape index (κ1) is 19.2. The quantitative estimate of drug-likeness (QED) is 0.778. The molecule has 2 heterocycles. The molecule has 0 N–H and O–H groups in total. The Kier molecular flexibility index (Phi) is 6.95. The van der Waals surface area contributed by atoms with Crippen LogP contribution in [0, 0.1) is 5.92 Å². The van der Waals surface area contributed by atoms with Crippen molar-refractivity contribution >= 4 is 11.6 Å². The number of hydrogen-bond donors (Lipinski definition) is 0. The van der Waals surface area contributed by atoms with Crippen molar-refractivity contribution in [1.82, 2.24) is 9.80 Å². The van der Waals surface area contributed by atoms with Gasteiger partial charge in [-0.15, -0.1) is 0 Å². The summed E-state index contributed by atoms with van der Waals surface area (Å²) in [6, 6.07) is 11.3. The minimum atomic E-state index is 0.374. The van der Waals surface area contributed by atoms with Gasteiger partial charge in [-0.25, -0.2) is 0 Å². The van der Waals surface area contributed by atoms with Crippen molar-refractivity contribution in [2.45, 2.75) is 52.0 Å². The van der Waals surface area contributed by atoms with E-state index in [1.54, 1.807) is 0 Å². The van der Waals surface area contributed by atoms with Crippen molar-refractivity contribution < 1.29 is 4.79 Å². The van der Waals surface area contributed by atoms with Crippen molar-refractivity contribution in [1.29, 1.82) is 0 Å². The van der Waals surface area contributed by atoms with E-state index in [0.29, 0.717) is 11.9 Å². The highest BCUT2D eigenvalue weighted by Crippen LogP contribution is 2.22. The molecule has 2 aliphatic rings. The molecule has 0 aliphatic carbocycles. The number of carbonyl (C=O) groups excluding carboxylic acids is 1. The summed E-state index contributed by atoms with van der Waals surface area (Å²) in [5, 5.41) is 0. The molecule has 0 spiro atoms. The van der Waals surface area contributed by atoms with Gasteiger partial charge < -0.3 is 9.80 Å². The smallest absolute Gasteiger partial charge is 0.222 e. The number of anilines is 1. The minimum absolute atomic E-state index is 0.374. The number of nitrogens with zero attached hydrogens (tertiary/aromatic N) is 3. The molecule has 2 aliphatic heterocycles. The fourth-order valence-electron chi connectivity index (χ4n) is 4.30. The van der Waals surface area contributed by atoms with Crippen LogP contribution in [0.3, 0.4) is 0 Å². The molecular weight excluding hydrogens is 322 g/mol. The average molecular weight is 358 g/mol. The number of rotatable bonds is 6. The second kappa shape index (κ2) is 9.40. The Morgan fingerprint density at radius 1 is 1.00 bits per heavy atom. The van der Waals surface area contributed by atoms with Crippen LogP contribution in [0.15, 0.2) is 30.3 Å². The Morgan fingerprint density at radius 2 is 1.73 bits per heavy atom. The van der Waals surface area contributed by atoms with Gasteiger partial charge in [-0.3, -0.25) is 9.69 Å². The standard InChI is InChI=1S/C22H35N3O/c1-19(2)7-6-13-25-14-12-21(10-11-22(25)26)24-17-15-23(16-18-24)20-8-4-3-5-9-20/h3-5,8-9,19,21H,6-7,10-18H2,1-2H3. The summed E-state index contributed by atoms with van der Waals surface area (Å²) in [6.45, 7) is 10.8. The molecule has 1 amide bonds. The third-order valence-corrected chi connectivity index (χ3v) is 5.94. The van der Waals surface area contributed by atoms with Crippen molar-refractivity contribution in [3.8, 4) is 0 Å². The van der Waals surface area contributed by atoms with Crippen LogP contribution >= 0.6 is 0 Å². The van der Waals surface area contributed by atoms with E-state index in [1.165, 1.54) is 12.1 Å². The molecule has 2 saturated heterocycles. The Hall–Kier alpha value is -1.55. The van der Waals surface area contributed by atoms with Crippen LogP contribution in [0.4, 0.5) is 5.69 Å². The van der Waals surface area contributed by atoms with Gasteiger partial charge in [0.05, 0.1) is 0 Å². The van der Waals surface area contributed by atoms with E-state index in [9.17, 15) is 4.79 Å². The Labute approximate surface area is 159 Å². The molecule has 2 fully saturated rings. The third-order valence-electron chi connectivity index (χ3n) is 5.94. The summed E-state index contributed by atoms with van der Waals surface area (Å²) in [5.74, 6) is 1.10. The summed E-state index contributed by atoms with van der Waals surface area (Å²) in [6.07, 6.45) is 5.26. The van der Waals surface area contributed by atoms with E-state index in [2.05, 4.69) is 58.9 Å². The van der Waals surface area contributed by atoms with Crippen LogP contribution in [0.25, 0.3) is 0 Å². The van der Waals surface area contributed by atoms with E-state index in [0.717, 1.165) is 70.9 Å². The van der Waals surface area contributed by atoms with Crippen LogP contribution < -0.4 is 4.90 Å². The van der Waals surface area contributed by atoms with Crippen LogP contribution in [0.1, 0.15) is 46.0 Å². The maximum Gasteiger partial charge on any atom is 0.222 e. The molecule has 1 aromatic rings. The summed E-state index contributed by atoms with van der Waals surface area (Å²) in [5.41, 5.74) is 1.33. The molecular formula is C22H35N3O. The van der Waals surface area contributed by atoms with E-state index in [-0.39, 0.29) is 0 Å². The molecule has 4 nitrogen and oxygen atoms in total. The predicted molar refractivity (Wildman–Crippen MR) is 109 cm³/mol. The molecule has 0 aromatic heterocycles. The highest BCUT2D eigenvalue weighted by Gasteiger charge is 2.28. The van der Waals surface area contributed by atoms with Crippen molar-refractivity contribution in [2.75, 3.05) is 44.2 Å². The minimum Gasteiger partial charge on any atom is -0.369 e. The van der Waals surface area contributed by atoms with E-state index >= 15 is 0 Å². The zero-order valence-corrected chi connectivity index (χ0v) is 16.6. The van der Waals surface area contributed by atoms with Crippen LogP contribution in [0.2, 0.25) is 0 Å². The van der Waals surface area contributed by atoms with Gasteiger partial charge in [0.2, 0.25) is 5.91 Å². The first-order valence-corrected chi connectivity index (χ1v) is 10.5. The van der Waals surface area contributed by atoms with Gasteiger partial charge >= 0.3 is 0 Å². The number of para-hydroxylation sites is 1. The molecule has 0 bridgehead atoms. The summed E-state index contributed by atoms with van der Waals surface area (Å²) in [7, 11) is 0. The Morgan fingerprint density at radius 3 is 2.42 bits per heavy atom. The number of piperazine rings is 1. The fraction of sp³-hybridized carbons (Fsp3) is 0.682. The number of hydrogen-bond acceptors (Lipinski definition) is 3. The second-order valence-corrected chi connectivity index (χ2v) is 8.26. The molecule has 0 saturated carbocycles. The number of carbonyl (C=O) groups is 1. The van der Waals surface area contributed by atoms with E-state index in [4.69, 9.17) is 0 Å². The van der Waals surface area contributed by atoms with Gasteiger partial charge in [0.1, 0.15) is 0 Å². The summed E-state index contributed by atoms with van der Waals surface area (Å²) < 4.78 is 0. The van der Waals surface area contributed by atoms with Crippen molar-refractivity contribution in [3.63, 3.8) is 0 Å². The van der Waals surface area contributed by atoms with Gasteiger partial charge in [-0.2, -0.15) is 0 Å². The molecule has 0 radical (unpaired) electrons. The molecule has 26 heavy (non-hydrogen) atoms. The predicted octanol–water partition coefficient (Wildman–Crippen LogP) is 3.63. The fourth-order valence-corrected chi connectivity index (χ4v) is 4.30. The normalized spacial score (nSPS) is 22.7. The van der Waals surface area contributed by atoms with Crippen LogP contribution in [0.5, 0.6) is 0 Å². The van der Waals surface area contributed by atoms with Gasteiger partial charge in [0.25, 0.3) is 0 Å². The molecule has 144 valence electrons. The van der Waals surface area contributed by atoms with Gasteiger partial charge in [-0.05, 0) is 43.7 Å². The third kappa shape index (κ3) is 5.23. The van der Waals surface area contributed by atoms with Crippen molar-refractivity contribution in [2.24, 2.45) is 5.92 Å². The molecule has 4 heteroatoms. The van der Waals surface area contributed by atoms with Gasteiger partial charge in [0.15, 0.2) is 0 Å². The van der Waals surface area contributed by atoms with E-state index in [1.807, 2.05) is 0 Å². The first-order valence-electron chi connectivity index (χ1n) is 10.5. The van der Waals surface area contributed by atoms with E-state index < -0.39 is 0 Å². The SMILES string of the molecule is CC(C)CCCN1CCC(N2CCN(c3ccccc3)CC2)CCC1=O. The monoisotopic (exact) mass is 357 g/mol. The highest BCUT2D eigenvalue weighted by molar-refractivity contribution is 5.76. The van der Waals surface area contributed by atoms with Gasteiger partial charge in [-0.1, -0.05) is 32.0 Å². The van der Waals surface area contributed by atoms with Crippen LogP contribution in [-0.2, 0) is 4.79 Å². The zero-order valence-electron chi connectivity index (χ0n) is 16.6. The lowest BCUT2D eigenvalue weighted by molar-refractivity contribution is -0.130. The zero-order chi connectivity index (χ0) is 18.4. The number of amides is 1. The summed E-state index contributed by atoms with van der Waals surface area (Å²) >= 11 is 0. The lowest BCUT2D eigenvalue weighted by Gasteiger charge is -2.40. The molecule has 1 atom stereocenters. The second-order valence-electron chi connectivity index (χ2n) is 8.26. The van der Waals surface area contributed by atoms with Gasteiger partial charge in [0, 0.05) is 57.4 Å². The largest absolute Gasteiger partial charge is 0.369 e. The topological polar surface area (TPSA) is 26.8 Å². The molecule has 1 aromatic carbocycles. The van der Waals surface area contributed by atoms with Crippen molar-refractivity contribution in [3.05, 3.63) is 30.3 Å². The maximum absolute atomic E-state index is 12.5.